The van der Waals surface area contributed by atoms with Crippen molar-refractivity contribution in [2.75, 3.05) is 10.6 Å². The van der Waals surface area contributed by atoms with Gasteiger partial charge in [-0.25, -0.2) is 4.98 Å². The van der Waals surface area contributed by atoms with E-state index in [1.165, 1.54) is 0 Å². The Morgan fingerprint density at radius 2 is 1.60 bits per heavy atom. The molecule has 3 aromatic rings. The molecule has 3 rings (SSSR count). The van der Waals surface area contributed by atoms with Gasteiger partial charge in [-0.15, -0.1) is 0 Å². The average Bonchev–Trinajstić information content (AvgIpc) is 2.99. The van der Waals surface area contributed by atoms with E-state index < -0.39 is 0 Å². The van der Waals surface area contributed by atoms with Crippen molar-refractivity contribution in [1.29, 1.82) is 0 Å². The van der Waals surface area contributed by atoms with Crippen LogP contribution in [0.4, 0.5) is 23.4 Å². The third-order valence-corrected chi connectivity index (χ3v) is 2.58. The quantitative estimate of drug-likeness (QED) is 0.578. The Hall–Kier alpha value is -2.90. The molecule has 0 spiro atoms. The molecule has 0 aromatic carbocycles. The predicted octanol–water partition coefficient (Wildman–Crippen LogP) is 2.03. The maximum atomic E-state index is 4.35. The minimum atomic E-state index is 0.481. The van der Waals surface area contributed by atoms with Crippen molar-refractivity contribution in [2.45, 2.75) is 13.8 Å². The molecule has 0 aliphatic heterocycles. The van der Waals surface area contributed by atoms with Crippen LogP contribution < -0.4 is 10.6 Å². The molecule has 3 heterocycles. The number of aryl methyl sites for hydroxylation is 2. The van der Waals surface area contributed by atoms with Gasteiger partial charge in [-0.3, -0.25) is 10.2 Å². The lowest BCUT2D eigenvalue weighted by molar-refractivity contribution is 1.04. The van der Waals surface area contributed by atoms with Crippen molar-refractivity contribution in [3.63, 3.8) is 0 Å². The Balaban J connectivity index is 1.75. The standard InChI is InChI=1S/C12H14N8/c1-7-5-10(19-17-7)14-9-3-4-13-12(15-9)16-11-6-8(2)18-20-11/h3-6H,1-2H3,(H4,13,14,15,16,17,18,19,20). The molecule has 8 nitrogen and oxygen atoms in total. The summed E-state index contributed by atoms with van der Waals surface area (Å²) < 4.78 is 0. The number of nitrogens with one attached hydrogen (secondary N) is 4. The summed E-state index contributed by atoms with van der Waals surface area (Å²) in [4.78, 5) is 8.51. The van der Waals surface area contributed by atoms with E-state index in [9.17, 15) is 0 Å². The number of aromatic amines is 2. The van der Waals surface area contributed by atoms with Crippen LogP contribution in [0, 0.1) is 13.8 Å². The van der Waals surface area contributed by atoms with Crippen LogP contribution >= 0.6 is 0 Å². The van der Waals surface area contributed by atoms with Crippen LogP contribution in [-0.2, 0) is 0 Å². The fraction of sp³-hybridized carbons (Fsp3) is 0.167. The first-order valence-electron chi connectivity index (χ1n) is 6.10. The minimum Gasteiger partial charge on any atom is -0.325 e. The van der Waals surface area contributed by atoms with E-state index in [4.69, 9.17) is 0 Å². The van der Waals surface area contributed by atoms with E-state index in [0.29, 0.717) is 11.8 Å². The van der Waals surface area contributed by atoms with Gasteiger partial charge in [0.2, 0.25) is 5.95 Å². The van der Waals surface area contributed by atoms with Crippen LogP contribution in [0.15, 0.2) is 24.4 Å². The van der Waals surface area contributed by atoms with Gasteiger partial charge in [0.05, 0.1) is 11.4 Å². The van der Waals surface area contributed by atoms with Crippen molar-refractivity contribution in [1.82, 2.24) is 30.4 Å². The second-order valence-electron chi connectivity index (χ2n) is 4.36. The van der Waals surface area contributed by atoms with E-state index in [1.807, 2.05) is 26.0 Å². The first kappa shape index (κ1) is 12.2. The molecular weight excluding hydrogens is 256 g/mol. The van der Waals surface area contributed by atoms with Gasteiger partial charge in [0.25, 0.3) is 0 Å². The molecular formula is C12H14N8. The van der Waals surface area contributed by atoms with Gasteiger partial charge in [0.1, 0.15) is 17.5 Å². The maximum Gasteiger partial charge on any atom is 0.230 e. The Bertz CT molecular complexity index is 656. The number of anilines is 4. The highest BCUT2D eigenvalue weighted by Gasteiger charge is 2.03. The molecule has 0 amide bonds. The molecule has 4 N–H and O–H groups in total. The average molecular weight is 270 g/mol. The molecule has 0 radical (unpaired) electrons. The summed E-state index contributed by atoms with van der Waals surface area (Å²) in [5.74, 6) is 2.68. The number of nitrogens with zero attached hydrogens (tertiary/aromatic N) is 4. The van der Waals surface area contributed by atoms with Crippen LogP contribution in [-0.4, -0.2) is 30.4 Å². The Labute approximate surface area is 115 Å². The van der Waals surface area contributed by atoms with Crippen molar-refractivity contribution in [2.24, 2.45) is 0 Å². The molecule has 0 bridgehead atoms. The second kappa shape index (κ2) is 5.00. The molecule has 0 saturated carbocycles. The summed E-state index contributed by atoms with van der Waals surface area (Å²) in [6.45, 7) is 3.82. The van der Waals surface area contributed by atoms with Crippen molar-refractivity contribution in [3.05, 3.63) is 35.8 Å². The fourth-order valence-corrected chi connectivity index (χ4v) is 1.72. The third-order valence-electron chi connectivity index (χ3n) is 2.58. The molecule has 0 aliphatic rings. The van der Waals surface area contributed by atoms with E-state index >= 15 is 0 Å². The highest BCUT2D eigenvalue weighted by atomic mass is 15.2. The molecule has 0 aliphatic carbocycles. The SMILES string of the molecule is Cc1cc(Nc2ccnc(Nc3cc(C)n[nH]3)n2)[nH]n1. The van der Waals surface area contributed by atoms with Crippen molar-refractivity contribution < 1.29 is 0 Å². The van der Waals surface area contributed by atoms with Gasteiger partial charge >= 0.3 is 0 Å². The van der Waals surface area contributed by atoms with Gasteiger partial charge in [0, 0.05) is 18.3 Å². The topological polar surface area (TPSA) is 107 Å². The van der Waals surface area contributed by atoms with Crippen LogP contribution in [0.1, 0.15) is 11.4 Å². The van der Waals surface area contributed by atoms with Crippen molar-refractivity contribution >= 4 is 23.4 Å². The molecule has 8 heteroatoms. The van der Waals surface area contributed by atoms with E-state index in [0.717, 1.165) is 23.0 Å². The third kappa shape index (κ3) is 2.74. The molecule has 0 saturated heterocycles. The smallest absolute Gasteiger partial charge is 0.230 e. The highest BCUT2D eigenvalue weighted by Crippen LogP contribution is 2.15. The summed E-state index contributed by atoms with van der Waals surface area (Å²) in [5.41, 5.74) is 1.81. The normalized spacial score (nSPS) is 10.5. The number of H-pyrrole nitrogens is 2. The largest absolute Gasteiger partial charge is 0.325 e. The minimum absolute atomic E-state index is 0.481. The zero-order chi connectivity index (χ0) is 13.9. The Morgan fingerprint density at radius 3 is 2.20 bits per heavy atom. The summed E-state index contributed by atoms with van der Waals surface area (Å²) in [5, 5.41) is 20.0. The molecule has 20 heavy (non-hydrogen) atoms. The summed E-state index contributed by atoms with van der Waals surface area (Å²) >= 11 is 0. The van der Waals surface area contributed by atoms with Crippen LogP contribution in [0.5, 0.6) is 0 Å². The Morgan fingerprint density at radius 1 is 0.950 bits per heavy atom. The number of aromatic nitrogens is 6. The lowest BCUT2D eigenvalue weighted by atomic mass is 10.4. The maximum absolute atomic E-state index is 4.35. The fourth-order valence-electron chi connectivity index (χ4n) is 1.72. The highest BCUT2D eigenvalue weighted by molar-refractivity contribution is 5.55. The van der Waals surface area contributed by atoms with Gasteiger partial charge in [-0.2, -0.15) is 15.2 Å². The van der Waals surface area contributed by atoms with E-state index in [1.54, 1.807) is 12.3 Å². The Kier molecular flexibility index (Phi) is 3.04. The summed E-state index contributed by atoms with van der Waals surface area (Å²) in [6, 6.07) is 5.55. The zero-order valence-electron chi connectivity index (χ0n) is 11.1. The summed E-state index contributed by atoms with van der Waals surface area (Å²) in [7, 11) is 0. The molecule has 3 aromatic heterocycles. The first-order valence-corrected chi connectivity index (χ1v) is 6.10. The molecule has 0 unspecified atom stereocenters. The van der Waals surface area contributed by atoms with Crippen molar-refractivity contribution in [3.8, 4) is 0 Å². The molecule has 0 fully saturated rings. The predicted molar refractivity (Wildman–Crippen MR) is 75.2 cm³/mol. The van der Waals surface area contributed by atoms with Gasteiger partial charge in [0.15, 0.2) is 0 Å². The van der Waals surface area contributed by atoms with Crippen LogP contribution in [0.25, 0.3) is 0 Å². The lowest BCUT2D eigenvalue weighted by Crippen LogP contribution is -2.00. The second-order valence-corrected chi connectivity index (χ2v) is 4.36. The monoisotopic (exact) mass is 270 g/mol. The van der Waals surface area contributed by atoms with Gasteiger partial charge in [-0.1, -0.05) is 0 Å². The molecule has 0 atom stereocenters. The van der Waals surface area contributed by atoms with Gasteiger partial charge < -0.3 is 10.6 Å². The number of hydrogen-bond acceptors (Lipinski definition) is 6. The zero-order valence-corrected chi connectivity index (χ0v) is 11.1. The summed E-state index contributed by atoms with van der Waals surface area (Å²) in [6.07, 6.45) is 1.67. The van der Waals surface area contributed by atoms with Crippen LogP contribution in [0.3, 0.4) is 0 Å². The van der Waals surface area contributed by atoms with Crippen LogP contribution in [0.2, 0.25) is 0 Å². The van der Waals surface area contributed by atoms with E-state index in [2.05, 4.69) is 41.0 Å². The number of hydrogen-bond donors (Lipinski definition) is 4. The lowest BCUT2D eigenvalue weighted by Gasteiger charge is -2.05. The number of rotatable bonds is 4. The van der Waals surface area contributed by atoms with E-state index in [-0.39, 0.29) is 0 Å². The van der Waals surface area contributed by atoms with Gasteiger partial charge in [-0.05, 0) is 19.9 Å². The molecule has 102 valence electrons. The first-order chi connectivity index (χ1) is 9.69.